The van der Waals surface area contributed by atoms with Crippen molar-refractivity contribution in [3.05, 3.63) is 0 Å². The zero-order chi connectivity index (χ0) is 7.11. The van der Waals surface area contributed by atoms with Gasteiger partial charge in [-0.25, -0.2) is 0 Å². The second-order valence-corrected chi connectivity index (χ2v) is 2.61. The van der Waals surface area contributed by atoms with Crippen LogP contribution >= 0.6 is 11.6 Å². The summed E-state index contributed by atoms with van der Waals surface area (Å²) in [6.07, 6.45) is 4.09. The van der Waals surface area contributed by atoms with Gasteiger partial charge in [0.2, 0.25) is 0 Å². The van der Waals surface area contributed by atoms with E-state index in [1.165, 1.54) is 12.8 Å². The molecule has 1 atom stereocenters. The Morgan fingerprint density at radius 3 is 2.56 bits per heavy atom. The first-order valence-corrected chi connectivity index (χ1v) is 4.08. The van der Waals surface area contributed by atoms with E-state index in [1.807, 2.05) is 0 Å². The van der Waals surface area contributed by atoms with Crippen molar-refractivity contribution >= 4 is 11.6 Å². The van der Waals surface area contributed by atoms with Crippen molar-refractivity contribution in [3.8, 4) is 0 Å². The van der Waals surface area contributed by atoms with Gasteiger partial charge in [0.1, 0.15) is 0 Å². The largest absolute Gasteiger partial charge is 0.392 e. The Morgan fingerprint density at radius 1 is 1.44 bits per heavy atom. The average molecular weight is 151 g/mol. The van der Waals surface area contributed by atoms with Crippen molar-refractivity contribution in [3.63, 3.8) is 0 Å². The highest BCUT2D eigenvalue weighted by Gasteiger charge is 1.98. The second-order valence-electron chi connectivity index (χ2n) is 2.30. The van der Waals surface area contributed by atoms with E-state index < -0.39 is 0 Å². The van der Waals surface area contributed by atoms with E-state index in [0.29, 0.717) is 5.88 Å². The maximum atomic E-state index is 8.95. The summed E-state index contributed by atoms with van der Waals surface area (Å²) < 4.78 is 0. The molecule has 0 aliphatic rings. The van der Waals surface area contributed by atoms with Gasteiger partial charge in [0.25, 0.3) is 0 Å². The maximum Gasteiger partial charge on any atom is 0.0675 e. The Hall–Kier alpha value is 0.250. The fraction of sp³-hybridized carbons (Fsp3) is 1.00. The van der Waals surface area contributed by atoms with Crippen LogP contribution in [-0.4, -0.2) is 17.1 Å². The molecule has 0 saturated heterocycles. The molecule has 0 bridgehead atoms. The number of hydrogen-bond acceptors (Lipinski definition) is 1. The zero-order valence-electron chi connectivity index (χ0n) is 5.94. The molecular weight excluding hydrogens is 136 g/mol. The van der Waals surface area contributed by atoms with Crippen LogP contribution in [-0.2, 0) is 0 Å². The lowest BCUT2D eigenvalue weighted by Crippen LogP contribution is -2.06. The Morgan fingerprint density at radius 2 is 2.11 bits per heavy atom. The van der Waals surface area contributed by atoms with Crippen LogP contribution in [0.3, 0.4) is 0 Å². The molecule has 0 aromatic carbocycles. The molecule has 56 valence electrons. The molecule has 0 aromatic heterocycles. The summed E-state index contributed by atoms with van der Waals surface area (Å²) in [5.74, 6) is 0.379. The van der Waals surface area contributed by atoms with E-state index >= 15 is 0 Å². The van der Waals surface area contributed by atoms with Gasteiger partial charge in [0.05, 0.1) is 6.10 Å². The summed E-state index contributed by atoms with van der Waals surface area (Å²) in [6, 6.07) is 0. The third-order valence-corrected chi connectivity index (χ3v) is 1.68. The van der Waals surface area contributed by atoms with Crippen molar-refractivity contribution in [1.29, 1.82) is 0 Å². The normalized spacial score (nSPS) is 13.7. The molecule has 0 aromatic rings. The molecule has 0 heterocycles. The topological polar surface area (TPSA) is 20.2 Å². The molecule has 2 heteroatoms. The summed E-state index contributed by atoms with van der Waals surface area (Å²) in [5.41, 5.74) is 0. The molecular formula is C7H15ClO. The number of aliphatic hydroxyl groups is 1. The average Bonchev–Trinajstić information content (AvgIpc) is 1.89. The van der Waals surface area contributed by atoms with Gasteiger partial charge in [0, 0.05) is 5.88 Å². The summed E-state index contributed by atoms with van der Waals surface area (Å²) >= 11 is 5.38. The van der Waals surface area contributed by atoms with Crippen molar-refractivity contribution in [2.45, 2.75) is 38.7 Å². The first-order chi connectivity index (χ1) is 4.31. The van der Waals surface area contributed by atoms with Crippen LogP contribution in [0.2, 0.25) is 0 Å². The third kappa shape index (κ3) is 6.13. The third-order valence-electron chi connectivity index (χ3n) is 1.32. The van der Waals surface area contributed by atoms with Gasteiger partial charge in [-0.3, -0.25) is 0 Å². The smallest absolute Gasteiger partial charge is 0.0675 e. The summed E-state index contributed by atoms with van der Waals surface area (Å²) in [4.78, 5) is 0. The predicted molar refractivity (Wildman–Crippen MR) is 40.9 cm³/mol. The van der Waals surface area contributed by atoms with Crippen LogP contribution in [0.4, 0.5) is 0 Å². The first-order valence-electron chi connectivity index (χ1n) is 3.55. The lowest BCUT2D eigenvalue weighted by Gasteiger charge is -2.03. The van der Waals surface area contributed by atoms with Crippen molar-refractivity contribution < 1.29 is 5.11 Å². The van der Waals surface area contributed by atoms with Gasteiger partial charge >= 0.3 is 0 Å². The van der Waals surface area contributed by atoms with Gasteiger partial charge in [-0.15, -0.1) is 11.6 Å². The van der Waals surface area contributed by atoms with E-state index in [2.05, 4.69) is 6.92 Å². The van der Waals surface area contributed by atoms with Crippen LogP contribution in [0.5, 0.6) is 0 Å². The minimum atomic E-state index is -0.279. The first kappa shape index (κ1) is 9.25. The highest BCUT2D eigenvalue weighted by atomic mass is 35.5. The molecule has 0 fully saturated rings. The van der Waals surface area contributed by atoms with Gasteiger partial charge in [-0.1, -0.05) is 26.2 Å². The van der Waals surface area contributed by atoms with Gasteiger partial charge in [0.15, 0.2) is 0 Å². The Bertz CT molecular complexity index is 56.9. The van der Waals surface area contributed by atoms with E-state index in [1.54, 1.807) is 0 Å². The SMILES string of the molecule is CCCCCC(O)CCl. The van der Waals surface area contributed by atoms with E-state index in [0.717, 1.165) is 12.8 Å². The summed E-state index contributed by atoms with van der Waals surface area (Å²) in [7, 11) is 0. The van der Waals surface area contributed by atoms with Crippen molar-refractivity contribution in [2.75, 3.05) is 5.88 Å². The van der Waals surface area contributed by atoms with E-state index in [-0.39, 0.29) is 6.10 Å². The number of unbranched alkanes of at least 4 members (excludes halogenated alkanes) is 2. The van der Waals surface area contributed by atoms with Crippen molar-refractivity contribution in [1.82, 2.24) is 0 Å². The molecule has 0 rings (SSSR count). The molecule has 0 spiro atoms. The number of hydrogen-bond donors (Lipinski definition) is 1. The van der Waals surface area contributed by atoms with Crippen LogP contribution in [0.1, 0.15) is 32.6 Å². The quantitative estimate of drug-likeness (QED) is 0.471. The van der Waals surface area contributed by atoms with Crippen LogP contribution in [0.25, 0.3) is 0 Å². The standard InChI is InChI=1S/C7H15ClO/c1-2-3-4-5-7(9)6-8/h7,9H,2-6H2,1H3. The minimum Gasteiger partial charge on any atom is -0.392 e. The Labute approximate surface area is 62.0 Å². The number of aliphatic hydroxyl groups excluding tert-OH is 1. The Balaban J connectivity index is 2.88. The van der Waals surface area contributed by atoms with Crippen LogP contribution in [0.15, 0.2) is 0 Å². The van der Waals surface area contributed by atoms with Gasteiger partial charge in [-0.2, -0.15) is 0 Å². The van der Waals surface area contributed by atoms with Crippen LogP contribution in [0, 0.1) is 0 Å². The highest BCUT2D eigenvalue weighted by Crippen LogP contribution is 2.03. The van der Waals surface area contributed by atoms with Crippen LogP contribution < -0.4 is 0 Å². The number of rotatable bonds is 5. The predicted octanol–water partition coefficient (Wildman–Crippen LogP) is 2.17. The molecule has 0 aliphatic heterocycles. The molecule has 1 N–H and O–H groups in total. The van der Waals surface area contributed by atoms with Gasteiger partial charge in [-0.05, 0) is 6.42 Å². The summed E-state index contributed by atoms with van der Waals surface area (Å²) in [6.45, 7) is 2.15. The molecule has 0 radical (unpaired) electrons. The lowest BCUT2D eigenvalue weighted by atomic mass is 10.1. The maximum absolute atomic E-state index is 8.95. The second kappa shape index (κ2) is 6.37. The monoisotopic (exact) mass is 150 g/mol. The van der Waals surface area contributed by atoms with E-state index in [9.17, 15) is 0 Å². The fourth-order valence-electron chi connectivity index (χ4n) is 0.707. The summed E-state index contributed by atoms with van der Waals surface area (Å²) in [5, 5.41) is 8.95. The van der Waals surface area contributed by atoms with E-state index in [4.69, 9.17) is 16.7 Å². The lowest BCUT2D eigenvalue weighted by molar-refractivity contribution is 0.184. The molecule has 9 heavy (non-hydrogen) atoms. The highest BCUT2D eigenvalue weighted by molar-refractivity contribution is 6.18. The zero-order valence-corrected chi connectivity index (χ0v) is 6.69. The molecule has 1 nitrogen and oxygen atoms in total. The minimum absolute atomic E-state index is 0.279. The van der Waals surface area contributed by atoms with Gasteiger partial charge < -0.3 is 5.11 Å². The molecule has 1 unspecified atom stereocenters. The number of halogens is 1. The van der Waals surface area contributed by atoms with Crippen molar-refractivity contribution in [2.24, 2.45) is 0 Å². The molecule has 0 amide bonds. The molecule has 0 aliphatic carbocycles. The molecule has 0 saturated carbocycles. The number of alkyl halides is 1. The fourth-order valence-corrected chi connectivity index (χ4v) is 0.861. The Kier molecular flexibility index (Phi) is 6.55.